The van der Waals surface area contributed by atoms with Gasteiger partial charge in [0.2, 0.25) is 11.2 Å². The lowest BCUT2D eigenvalue weighted by atomic mass is 10.2. The van der Waals surface area contributed by atoms with E-state index in [-0.39, 0.29) is 11.2 Å². The number of rotatable bonds is 1. The highest BCUT2D eigenvalue weighted by molar-refractivity contribution is 6.35. The van der Waals surface area contributed by atoms with E-state index >= 15 is 0 Å². The Balaban J connectivity index is 2.62. The molecular formula is C9H5Cl3N4. The maximum absolute atomic E-state index is 5.99. The Hall–Kier alpha value is -1.10. The molecule has 1 aromatic carbocycles. The van der Waals surface area contributed by atoms with E-state index in [0.717, 1.165) is 0 Å². The van der Waals surface area contributed by atoms with Crippen molar-refractivity contribution in [2.75, 3.05) is 5.73 Å². The lowest BCUT2D eigenvalue weighted by Gasteiger charge is -2.04. The molecule has 0 aliphatic heterocycles. The topological polar surface area (TPSA) is 64.7 Å². The summed E-state index contributed by atoms with van der Waals surface area (Å²) in [7, 11) is 0. The van der Waals surface area contributed by atoms with Crippen molar-refractivity contribution in [1.82, 2.24) is 15.0 Å². The van der Waals surface area contributed by atoms with E-state index < -0.39 is 0 Å². The van der Waals surface area contributed by atoms with Crippen LogP contribution in [0.3, 0.4) is 0 Å². The van der Waals surface area contributed by atoms with Gasteiger partial charge in [0.05, 0.1) is 5.02 Å². The number of hydrogen-bond acceptors (Lipinski definition) is 4. The van der Waals surface area contributed by atoms with Crippen molar-refractivity contribution in [3.63, 3.8) is 0 Å². The van der Waals surface area contributed by atoms with Crippen molar-refractivity contribution < 1.29 is 0 Å². The molecule has 0 saturated heterocycles. The SMILES string of the molecule is Nc1nc(Cl)nc(-c2cc(Cl)ccc2Cl)n1. The lowest BCUT2D eigenvalue weighted by Crippen LogP contribution is -2.00. The summed E-state index contributed by atoms with van der Waals surface area (Å²) in [5.41, 5.74) is 6.02. The van der Waals surface area contributed by atoms with Crippen molar-refractivity contribution in [2.24, 2.45) is 0 Å². The Morgan fingerprint density at radius 2 is 1.75 bits per heavy atom. The van der Waals surface area contributed by atoms with Crippen molar-refractivity contribution in [2.45, 2.75) is 0 Å². The lowest BCUT2D eigenvalue weighted by molar-refractivity contribution is 1.07. The molecule has 0 radical (unpaired) electrons. The fourth-order valence-electron chi connectivity index (χ4n) is 1.15. The first-order valence-corrected chi connectivity index (χ1v) is 5.32. The standard InChI is InChI=1S/C9H5Cl3N4/c10-4-1-2-6(11)5(3-4)7-14-8(12)16-9(13)15-7/h1-3H,(H2,13,14,15,16). The number of anilines is 1. The number of halogens is 3. The summed E-state index contributed by atoms with van der Waals surface area (Å²) in [6, 6.07) is 4.95. The molecule has 16 heavy (non-hydrogen) atoms. The fourth-order valence-corrected chi connectivity index (χ4v) is 1.70. The molecule has 82 valence electrons. The summed E-state index contributed by atoms with van der Waals surface area (Å²) < 4.78 is 0. The van der Waals surface area contributed by atoms with Gasteiger partial charge >= 0.3 is 0 Å². The van der Waals surface area contributed by atoms with Crippen LogP contribution < -0.4 is 5.73 Å². The monoisotopic (exact) mass is 274 g/mol. The average Bonchev–Trinajstić information content (AvgIpc) is 2.20. The molecule has 0 saturated carbocycles. The third kappa shape index (κ3) is 2.35. The minimum atomic E-state index is 0.0125. The van der Waals surface area contributed by atoms with E-state index in [1.807, 2.05) is 0 Å². The van der Waals surface area contributed by atoms with Crippen LogP contribution in [0.15, 0.2) is 18.2 Å². The minimum Gasteiger partial charge on any atom is -0.368 e. The third-order valence-electron chi connectivity index (χ3n) is 1.79. The number of nitrogen functional groups attached to an aromatic ring is 1. The largest absolute Gasteiger partial charge is 0.368 e. The summed E-state index contributed by atoms with van der Waals surface area (Å²) in [5, 5.41) is 0.999. The first kappa shape index (κ1) is 11.4. The number of nitrogens with two attached hydrogens (primary N) is 1. The normalized spacial score (nSPS) is 10.4. The van der Waals surface area contributed by atoms with E-state index in [1.165, 1.54) is 0 Å². The molecule has 1 aromatic heterocycles. The molecular weight excluding hydrogens is 270 g/mol. The summed E-state index contributed by atoms with van der Waals surface area (Å²) in [4.78, 5) is 11.5. The van der Waals surface area contributed by atoms with E-state index in [4.69, 9.17) is 40.5 Å². The maximum atomic E-state index is 5.99. The molecule has 0 aliphatic carbocycles. The zero-order valence-electron chi connectivity index (χ0n) is 7.78. The molecule has 0 bridgehead atoms. The molecule has 0 atom stereocenters. The van der Waals surface area contributed by atoms with Crippen LogP contribution in [0.1, 0.15) is 0 Å². The highest BCUT2D eigenvalue weighted by Crippen LogP contribution is 2.28. The maximum Gasteiger partial charge on any atom is 0.227 e. The summed E-state index contributed by atoms with van der Waals surface area (Å²) in [5.74, 6) is 0.330. The van der Waals surface area contributed by atoms with Crippen molar-refractivity contribution >= 4 is 40.8 Å². The summed E-state index contributed by atoms with van der Waals surface area (Å²) in [6.45, 7) is 0. The van der Waals surface area contributed by atoms with Gasteiger partial charge in [-0.3, -0.25) is 0 Å². The van der Waals surface area contributed by atoms with Gasteiger partial charge in [0, 0.05) is 10.6 Å². The predicted octanol–water partition coefficient (Wildman–Crippen LogP) is 3.08. The first-order valence-electron chi connectivity index (χ1n) is 4.19. The molecule has 0 unspecified atom stereocenters. The van der Waals surface area contributed by atoms with Gasteiger partial charge in [-0.25, -0.2) is 0 Å². The molecule has 0 fully saturated rings. The van der Waals surface area contributed by atoms with Crippen LogP contribution in [0.5, 0.6) is 0 Å². The van der Waals surface area contributed by atoms with Crippen molar-refractivity contribution in [3.8, 4) is 11.4 Å². The number of benzene rings is 1. The summed E-state index contributed by atoms with van der Waals surface area (Å²) in [6.07, 6.45) is 0. The minimum absolute atomic E-state index is 0.0125. The van der Waals surface area contributed by atoms with E-state index in [0.29, 0.717) is 21.4 Å². The van der Waals surface area contributed by atoms with Crippen LogP contribution >= 0.6 is 34.8 Å². The molecule has 2 rings (SSSR count). The van der Waals surface area contributed by atoms with Crippen molar-refractivity contribution in [1.29, 1.82) is 0 Å². The Kier molecular flexibility index (Phi) is 3.14. The fraction of sp³-hybridized carbons (Fsp3) is 0. The van der Waals surface area contributed by atoms with Crippen LogP contribution in [0.4, 0.5) is 5.95 Å². The molecule has 0 amide bonds. The molecule has 1 heterocycles. The Morgan fingerprint density at radius 1 is 1.00 bits per heavy atom. The zero-order chi connectivity index (χ0) is 11.7. The summed E-state index contributed by atoms with van der Waals surface area (Å²) >= 11 is 17.5. The number of hydrogen-bond donors (Lipinski definition) is 1. The van der Waals surface area contributed by atoms with Crippen LogP contribution in [-0.4, -0.2) is 15.0 Å². The van der Waals surface area contributed by atoms with Gasteiger partial charge < -0.3 is 5.73 Å². The van der Waals surface area contributed by atoms with Gasteiger partial charge in [0.15, 0.2) is 5.82 Å². The Labute approximate surface area is 106 Å². The smallest absolute Gasteiger partial charge is 0.227 e. The Morgan fingerprint density at radius 3 is 2.44 bits per heavy atom. The second-order valence-corrected chi connectivity index (χ2v) is 4.09. The molecule has 7 heteroatoms. The average molecular weight is 276 g/mol. The molecule has 0 spiro atoms. The highest BCUT2D eigenvalue weighted by atomic mass is 35.5. The van der Waals surface area contributed by atoms with Gasteiger partial charge in [0.1, 0.15) is 0 Å². The van der Waals surface area contributed by atoms with Crippen LogP contribution in [0.25, 0.3) is 11.4 Å². The van der Waals surface area contributed by atoms with Crippen molar-refractivity contribution in [3.05, 3.63) is 33.5 Å². The second kappa shape index (κ2) is 4.41. The number of aromatic nitrogens is 3. The van der Waals surface area contributed by atoms with Gasteiger partial charge in [-0.2, -0.15) is 15.0 Å². The van der Waals surface area contributed by atoms with Crippen LogP contribution in [0.2, 0.25) is 15.3 Å². The van der Waals surface area contributed by atoms with Gasteiger partial charge in [0.25, 0.3) is 0 Å². The van der Waals surface area contributed by atoms with Crippen LogP contribution in [0, 0.1) is 0 Å². The molecule has 2 aromatic rings. The van der Waals surface area contributed by atoms with Gasteiger partial charge in [-0.15, -0.1) is 0 Å². The second-order valence-electron chi connectivity index (χ2n) is 2.91. The quantitative estimate of drug-likeness (QED) is 0.868. The van der Waals surface area contributed by atoms with E-state index in [2.05, 4.69) is 15.0 Å². The molecule has 4 nitrogen and oxygen atoms in total. The van der Waals surface area contributed by atoms with E-state index in [9.17, 15) is 0 Å². The molecule has 0 aliphatic rings. The van der Waals surface area contributed by atoms with Gasteiger partial charge in [-0.1, -0.05) is 23.2 Å². The number of nitrogens with zero attached hydrogens (tertiary/aromatic N) is 3. The third-order valence-corrected chi connectivity index (χ3v) is 2.53. The molecule has 2 N–H and O–H groups in total. The Bertz CT molecular complexity index is 524. The first-order chi connectivity index (χ1) is 7.56. The zero-order valence-corrected chi connectivity index (χ0v) is 10.1. The highest BCUT2D eigenvalue weighted by Gasteiger charge is 2.09. The predicted molar refractivity (Wildman–Crippen MR) is 64.7 cm³/mol. The van der Waals surface area contributed by atoms with E-state index in [1.54, 1.807) is 18.2 Å². The van der Waals surface area contributed by atoms with Crippen LogP contribution in [-0.2, 0) is 0 Å². The van der Waals surface area contributed by atoms with Gasteiger partial charge in [-0.05, 0) is 29.8 Å².